The van der Waals surface area contributed by atoms with Gasteiger partial charge in [0, 0.05) is 42.5 Å². The number of carbonyl (C=O) groups is 2. The normalized spacial score (nSPS) is 17.7. The lowest BCUT2D eigenvalue weighted by molar-refractivity contribution is -0.128. The zero-order chi connectivity index (χ0) is 24.2. The minimum Gasteiger partial charge on any atom is -0.372 e. The van der Waals surface area contributed by atoms with Gasteiger partial charge in [-0.15, -0.1) is 11.8 Å². The number of amides is 2. The molecule has 5 nitrogen and oxygen atoms in total. The molecule has 0 aromatic heterocycles. The second-order valence-corrected chi connectivity index (χ2v) is 10.5. The molecular formula is C28H28ClN3O2S. The van der Waals surface area contributed by atoms with Crippen LogP contribution in [-0.4, -0.2) is 35.6 Å². The van der Waals surface area contributed by atoms with E-state index < -0.39 is 0 Å². The van der Waals surface area contributed by atoms with Crippen molar-refractivity contribution in [3.63, 3.8) is 0 Å². The van der Waals surface area contributed by atoms with Crippen molar-refractivity contribution in [2.45, 2.75) is 31.3 Å². The van der Waals surface area contributed by atoms with Crippen LogP contribution in [0.4, 0.5) is 5.69 Å². The van der Waals surface area contributed by atoms with Crippen LogP contribution in [0.2, 0.25) is 5.02 Å². The Bertz CT molecular complexity index is 1180. The molecule has 2 aliphatic rings. The molecule has 0 saturated carbocycles. The second-order valence-electron chi connectivity index (χ2n) is 8.98. The number of anilines is 1. The summed E-state index contributed by atoms with van der Waals surface area (Å²) in [6, 6.07) is 23.6. The molecule has 0 spiro atoms. The molecule has 1 N–H and O–H groups in total. The molecule has 1 atom stereocenters. The summed E-state index contributed by atoms with van der Waals surface area (Å²) in [7, 11) is 0. The molecule has 0 radical (unpaired) electrons. The van der Waals surface area contributed by atoms with E-state index in [9.17, 15) is 9.59 Å². The first-order chi connectivity index (χ1) is 17.1. The third-order valence-electron chi connectivity index (χ3n) is 6.55. The lowest BCUT2D eigenvalue weighted by atomic mass is 10.1. The van der Waals surface area contributed by atoms with E-state index in [2.05, 4.69) is 34.5 Å². The van der Waals surface area contributed by atoms with Crippen molar-refractivity contribution in [1.82, 2.24) is 10.2 Å². The van der Waals surface area contributed by atoms with Crippen molar-refractivity contribution in [2.75, 3.05) is 23.7 Å². The number of halogens is 1. The molecule has 2 amide bonds. The van der Waals surface area contributed by atoms with E-state index in [0.717, 1.165) is 29.8 Å². The Hall–Kier alpha value is -2.96. The van der Waals surface area contributed by atoms with E-state index in [4.69, 9.17) is 11.6 Å². The maximum atomic E-state index is 12.7. The maximum Gasteiger partial charge on any atom is 0.251 e. The standard InChI is InChI=1S/C28H28ClN3O2S/c29-24-11-3-21(4-12-24)18-32-26(33)19-35-28(32)23-9-7-22(8-10-23)27(34)30-17-20-5-13-25(14-6-20)31-15-1-2-16-31/h3-14,28H,1-2,15-19H2,(H,30,34)/t28-/m1/s1. The molecule has 2 fully saturated rings. The molecule has 7 heteroatoms. The van der Waals surface area contributed by atoms with Gasteiger partial charge in [-0.2, -0.15) is 0 Å². The maximum absolute atomic E-state index is 12.7. The predicted octanol–water partition coefficient (Wildman–Crippen LogP) is 5.64. The second kappa shape index (κ2) is 10.8. The molecule has 0 aliphatic carbocycles. The minimum absolute atomic E-state index is 0.0654. The van der Waals surface area contributed by atoms with Gasteiger partial charge in [0.1, 0.15) is 5.37 Å². The summed E-state index contributed by atoms with van der Waals surface area (Å²) < 4.78 is 0. The Labute approximate surface area is 215 Å². The van der Waals surface area contributed by atoms with Crippen molar-refractivity contribution in [3.05, 3.63) is 100 Å². The fourth-order valence-corrected chi connectivity index (χ4v) is 5.89. The first-order valence-electron chi connectivity index (χ1n) is 11.9. The van der Waals surface area contributed by atoms with Gasteiger partial charge in [-0.25, -0.2) is 0 Å². The van der Waals surface area contributed by atoms with E-state index in [1.165, 1.54) is 18.5 Å². The molecule has 3 aromatic rings. The molecule has 5 rings (SSSR count). The summed E-state index contributed by atoms with van der Waals surface area (Å²) >= 11 is 7.60. The van der Waals surface area contributed by atoms with Crippen LogP contribution in [0.3, 0.4) is 0 Å². The number of rotatable bonds is 7. The van der Waals surface area contributed by atoms with E-state index >= 15 is 0 Å². The monoisotopic (exact) mass is 505 g/mol. The van der Waals surface area contributed by atoms with Crippen LogP contribution in [0.5, 0.6) is 0 Å². The Morgan fingerprint density at radius 1 is 0.914 bits per heavy atom. The number of nitrogens with zero attached hydrogens (tertiary/aromatic N) is 2. The summed E-state index contributed by atoms with van der Waals surface area (Å²) in [6.45, 7) is 3.27. The lowest BCUT2D eigenvalue weighted by Gasteiger charge is -2.24. The third kappa shape index (κ3) is 5.65. The van der Waals surface area contributed by atoms with Crippen LogP contribution in [0.25, 0.3) is 0 Å². The molecule has 0 bridgehead atoms. The first-order valence-corrected chi connectivity index (χ1v) is 13.4. The molecule has 180 valence electrons. The van der Waals surface area contributed by atoms with Gasteiger partial charge in [-0.05, 0) is 65.9 Å². The zero-order valence-electron chi connectivity index (χ0n) is 19.5. The topological polar surface area (TPSA) is 52.7 Å². The lowest BCUT2D eigenvalue weighted by Crippen LogP contribution is -2.27. The third-order valence-corrected chi connectivity index (χ3v) is 8.06. The highest BCUT2D eigenvalue weighted by Crippen LogP contribution is 2.39. The average Bonchev–Trinajstić information content (AvgIpc) is 3.55. The van der Waals surface area contributed by atoms with Crippen LogP contribution in [0.15, 0.2) is 72.8 Å². The zero-order valence-corrected chi connectivity index (χ0v) is 21.0. The van der Waals surface area contributed by atoms with Crippen LogP contribution in [0.1, 0.15) is 45.3 Å². The molecule has 2 aliphatic heterocycles. The SMILES string of the molecule is O=C(NCc1ccc(N2CCCC2)cc1)c1ccc([C@H]2SCC(=O)N2Cc2ccc(Cl)cc2)cc1. The van der Waals surface area contributed by atoms with Gasteiger partial charge >= 0.3 is 0 Å². The van der Waals surface area contributed by atoms with E-state index in [1.807, 2.05) is 53.4 Å². The van der Waals surface area contributed by atoms with Crippen LogP contribution < -0.4 is 10.2 Å². The highest BCUT2D eigenvalue weighted by atomic mass is 35.5. The van der Waals surface area contributed by atoms with Crippen LogP contribution in [0, 0.1) is 0 Å². The Kier molecular flexibility index (Phi) is 7.30. The average molecular weight is 506 g/mol. The van der Waals surface area contributed by atoms with Gasteiger partial charge in [0.25, 0.3) is 5.91 Å². The van der Waals surface area contributed by atoms with E-state index in [1.54, 1.807) is 11.8 Å². The molecular weight excluding hydrogens is 478 g/mol. The van der Waals surface area contributed by atoms with Gasteiger partial charge in [-0.1, -0.05) is 48.0 Å². The molecule has 35 heavy (non-hydrogen) atoms. The summed E-state index contributed by atoms with van der Waals surface area (Å²) in [5, 5.41) is 3.63. The predicted molar refractivity (Wildman–Crippen MR) is 143 cm³/mol. The van der Waals surface area contributed by atoms with Gasteiger partial charge in [-0.3, -0.25) is 9.59 Å². The van der Waals surface area contributed by atoms with Gasteiger partial charge in [0.2, 0.25) is 5.91 Å². The molecule has 2 heterocycles. The Morgan fingerprint density at radius 3 is 2.26 bits per heavy atom. The number of benzene rings is 3. The minimum atomic E-state index is -0.103. The highest BCUT2D eigenvalue weighted by Gasteiger charge is 2.32. The summed E-state index contributed by atoms with van der Waals surface area (Å²) in [6.07, 6.45) is 2.51. The number of hydrogen-bond acceptors (Lipinski definition) is 4. The number of nitrogens with one attached hydrogen (secondary N) is 1. The van der Waals surface area contributed by atoms with Crippen molar-refractivity contribution in [2.24, 2.45) is 0 Å². The summed E-state index contributed by atoms with van der Waals surface area (Å²) in [4.78, 5) is 29.5. The van der Waals surface area contributed by atoms with Crippen molar-refractivity contribution >= 4 is 40.9 Å². The number of thioether (sulfide) groups is 1. The van der Waals surface area contributed by atoms with Gasteiger partial charge in [0.15, 0.2) is 0 Å². The van der Waals surface area contributed by atoms with E-state index in [0.29, 0.717) is 29.4 Å². The molecule has 3 aromatic carbocycles. The van der Waals surface area contributed by atoms with Crippen molar-refractivity contribution in [1.29, 1.82) is 0 Å². The molecule has 0 unspecified atom stereocenters. The Balaban J connectivity index is 1.19. The largest absolute Gasteiger partial charge is 0.372 e. The molecule has 2 saturated heterocycles. The summed E-state index contributed by atoms with van der Waals surface area (Å²) in [5.41, 5.74) is 5.00. The fraction of sp³-hybridized carbons (Fsp3) is 0.286. The van der Waals surface area contributed by atoms with Gasteiger partial charge < -0.3 is 15.1 Å². The quantitative estimate of drug-likeness (QED) is 0.451. The first kappa shape index (κ1) is 23.8. The number of hydrogen-bond donors (Lipinski definition) is 1. The van der Waals surface area contributed by atoms with Crippen molar-refractivity contribution < 1.29 is 9.59 Å². The van der Waals surface area contributed by atoms with Crippen LogP contribution >= 0.6 is 23.4 Å². The Morgan fingerprint density at radius 2 is 1.57 bits per heavy atom. The number of carbonyl (C=O) groups excluding carboxylic acids is 2. The van der Waals surface area contributed by atoms with E-state index in [-0.39, 0.29) is 17.2 Å². The smallest absolute Gasteiger partial charge is 0.251 e. The van der Waals surface area contributed by atoms with Crippen LogP contribution in [-0.2, 0) is 17.9 Å². The van der Waals surface area contributed by atoms with Crippen molar-refractivity contribution in [3.8, 4) is 0 Å². The fourth-order valence-electron chi connectivity index (χ4n) is 4.57. The highest BCUT2D eigenvalue weighted by molar-refractivity contribution is 8.00. The summed E-state index contributed by atoms with van der Waals surface area (Å²) in [5.74, 6) is 0.470. The van der Waals surface area contributed by atoms with Gasteiger partial charge in [0.05, 0.1) is 5.75 Å².